The maximum Gasteiger partial charge on any atom is 0.245 e. The molecule has 5 aromatic rings. The summed E-state index contributed by atoms with van der Waals surface area (Å²) >= 11 is 0. The second-order valence-electron chi connectivity index (χ2n) is 6.47. The average Bonchev–Trinajstić information content (AvgIpc) is 3.58. The molecule has 146 valence electrons. The highest BCUT2D eigenvalue weighted by Crippen LogP contribution is 2.31. The zero-order valence-electron chi connectivity index (χ0n) is 15.4. The van der Waals surface area contributed by atoms with Gasteiger partial charge in [0.05, 0.1) is 35.4 Å². The van der Waals surface area contributed by atoms with Gasteiger partial charge in [-0.05, 0) is 48.5 Å². The van der Waals surface area contributed by atoms with Gasteiger partial charge in [-0.15, -0.1) is 0 Å². The molecule has 0 atom stereocenters. The first kappa shape index (κ1) is 17.7. The Morgan fingerprint density at radius 3 is 1.67 bits per heavy atom. The van der Waals surface area contributed by atoms with E-state index in [-0.39, 0.29) is 34.1 Å². The van der Waals surface area contributed by atoms with E-state index in [0.717, 1.165) is 0 Å². The molecule has 0 aromatic carbocycles. The molecule has 30 heavy (non-hydrogen) atoms. The first-order valence-electron chi connectivity index (χ1n) is 9.04. The highest BCUT2D eigenvalue weighted by Gasteiger charge is 2.34. The van der Waals surface area contributed by atoms with Crippen LogP contribution in [0.4, 0.5) is 0 Å². The van der Waals surface area contributed by atoms with Gasteiger partial charge in [-0.25, -0.2) is 0 Å². The van der Waals surface area contributed by atoms with Gasteiger partial charge in [0.25, 0.3) is 0 Å². The van der Waals surface area contributed by atoms with Crippen LogP contribution in [0.15, 0.2) is 92.8 Å². The number of hydrogen-bond acceptors (Lipinski definition) is 6. The average molecular weight is 399 g/mol. The van der Waals surface area contributed by atoms with Crippen LogP contribution >= 0.6 is 0 Å². The molecule has 0 aliphatic heterocycles. The summed E-state index contributed by atoms with van der Waals surface area (Å²) in [6, 6.07) is 14.3. The molecule has 5 rings (SSSR count). The van der Waals surface area contributed by atoms with E-state index in [1.165, 1.54) is 41.4 Å². The molecule has 7 heteroatoms. The third-order valence-electron chi connectivity index (χ3n) is 4.75. The molecule has 0 saturated heterocycles. The second-order valence-corrected chi connectivity index (χ2v) is 6.47. The lowest BCUT2D eigenvalue weighted by Crippen LogP contribution is -2.14. The molecule has 0 amide bonds. The van der Waals surface area contributed by atoms with Crippen LogP contribution in [0, 0.1) is 0 Å². The predicted octanol–water partition coefficient (Wildman–Crippen LogP) is 4.41. The first-order valence-corrected chi connectivity index (χ1v) is 9.04. The highest BCUT2D eigenvalue weighted by atomic mass is 16.3. The van der Waals surface area contributed by atoms with Gasteiger partial charge in [0.15, 0.2) is 17.3 Å². The van der Waals surface area contributed by atoms with E-state index in [9.17, 15) is 14.4 Å². The van der Waals surface area contributed by atoms with Crippen molar-refractivity contribution >= 4 is 22.9 Å². The van der Waals surface area contributed by atoms with Gasteiger partial charge >= 0.3 is 0 Å². The van der Waals surface area contributed by atoms with Crippen molar-refractivity contribution in [2.45, 2.75) is 0 Å². The van der Waals surface area contributed by atoms with E-state index in [1.807, 2.05) is 0 Å². The Balaban J connectivity index is 1.86. The molecule has 0 saturated carbocycles. The van der Waals surface area contributed by atoms with Gasteiger partial charge in [0, 0.05) is 6.20 Å². The van der Waals surface area contributed by atoms with Gasteiger partial charge < -0.3 is 17.7 Å². The van der Waals surface area contributed by atoms with Gasteiger partial charge in [-0.1, -0.05) is 6.07 Å². The van der Waals surface area contributed by atoms with E-state index in [4.69, 9.17) is 13.3 Å². The van der Waals surface area contributed by atoms with Crippen molar-refractivity contribution in [2.24, 2.45) is 0 Å². The van der Waals surface area contributed by atoms with Crippen molar-refractivity contribution in [1.29, 1.82) is 0 Å². The maximum atomic E-state index is 13.4. The van der Waals surface area contributed by atoms with Gasteiger partial charge in [0.2, 0.25) is 17.3 Å². The summed E-state index contributed by atoms with van der Waals surface area (Å²) in [5, 5.41) is 0. The van der Waals surface area contributed by atoms with Crippen molar-refractivity contribution in [2.75, 3.05) is 0 Å². The number of carbonyl (C=O) groups excluding carboxylic acids is 3. The molecule has 0 unspecified atom stereocenters. The van der Waals surface area contributed by atoms with Crippen molar-refractivity contribution in [3.63, 3.8) is 0 Å². The van der Waals surface area contributed by atoms with E-state index in [1.54, 1.807) is 42.6 Å². The molecule has 0 spiro atoms. The first-order chi connectivity index (χ1) is 14.7. The molecular weight excluding hydrogens is 386 g/mol. The van der Waals surface area contributed by atoms with Crippen molar-refractivity contribution < 1.29 is 27.6 Å². The lowest BCUT2D eigenvalue weighted by Gasteiger charge is -2.04. The summed E-state index contributed by atoms with van der Waals surface area (Å²) in [4.78, 5) is 40.0. The van der Waals surface area contributed by atoms with Crippen LogP contribution in [0.3, 0.4) is 0 Å². The Labute approximate surface area is 169 Å². The van der Waals surface area contributed by atoms with Crippen LogP contribution in [0.2, 0.25) is 0 Å². The predicted molar refractivity (Wildman–Crippen MR) is 104 cm³/mol. The lowest BCUT2D eigenvalue weighted by molar-refractivity contribution is 0.0965. The molecule has 0 radical (unpaired) electrons. The Morgan fingerprint density at radius 2 is 1.13 bits per heavy atom. The standard InChI is InChI=1S/C23H13NO6/c25-21(15-7-3-11-28-15)18-14-6-1-2-10-24(14)20(23(27)17-9-5-13-30-17)19(18)22(26)16-8-4-12-29-16/h1-13H. The minimum atomic E-state index is -0.589. The summed E-state index contributed by atoms with van der Waals surface area (Å²) in [5.41, 5.74) is 0.390. The monoisotopic (exact) mass is 399 g/mol. The van der Waals surface area contributed by atoms with Crippen LogP contribution in [0.5, 0.6) is 0 Å². The number of ketones is 3. The number of carbonyl (C=O) groups is 3. The summed E-state index contributed by atoms with van der Waals surface area (Å²) < 4.78 is 17.3. The Morgan fingerprint density at radius 1 is 0.600 bits per heavy atom. The number of furan rings is 3. The molecule has 5 heterocycles. The van der Waals surface area contributed by atoms with Crippen LogP contribution < -0.4 is 0 Å². The molecule has 0 fully saturated rings. The van der Waals surface area contributed by atoms with Gasteiger partial charge in [-0.3, -0.25) is 14.4 Å². The number of fused-ring (bicyclic) bond motifs is 1. The Hall–Kier alpha value is -4.39. The fraction of sp³-hybridized carbons (Fsp3) is 0. The summed E-state index contributed by atoms with van der Waals surface area (Å²) in [6.07, 6.45) is 5.70. The highest BCUT2D eigenvalue weighted by molar-refractivity contribution is 6.26. The molecule has 0 bridgehead atoms. The molecule has 7 nitrogen and oxygen atoms in total. The zero-order valence-corrected chi connectivity index (χ0v) is 15.4. The summed E-state index contributed by atoms with van der Waals surface area (Å²) in [7, 11) is 0. The van der Waals surface area contributed by atoms with Crippen molar-refractivity contribution in [3.05, 3.63) is 114 Å². The van der Waals surface area contributed by atoms with E-state index < -0.39 is 17.3 Å². The number of rotatable bonds is 6. The van der Waals surface area contributed by atoms with E-state index in [0.29, 0.717) is 5.52 Å². The number of hydrogen-bond donors (Lipinski definition) is 0. The topological polar surface area (TPSA) is 95.0 Å². The maximum absolute atomic E-state index is 13.4. The summed E-state index contributed by atoms with van der Waals surface area (Å²) in [5.74, 6) is -1.53. The van der Waals surface area contributed by atoms with Crippen molar-refractivity contribution in [3.8, 4) is 0 Å². The zero-order chi connectivity index (χ0) is 20.7. The van der Waals surface area contributed by atoms with Crippen LogP contribution in [0.25, 0.3) is 5.52 Å². The fourth-order valence-electron chi connectivity index (χ4n) is 3.47. The molecule has 0 N–H and O–H groups in total. The molecule has 0 aliphatic carbocycles. The Kier molecular flexibility index (Phi) is 4.07. The number of nitrogens with zero attached hydrogens (tertiary/aromatic N) is 1. The Bertz CT molecular complexity index is 1290. The van der Waals surface area contributed by atoms with Crippen molar-refractivity contribution in [1.82, 2.24) is 4.40 Å². The quantitative estimate of drug-likeness (QED) is 0.393. The van der Waals surface area contributed by atoms with Crippen LogP contribution in [0.1, 0.15) is 48.5 Å². The fourth-order valence-corrected chi connectivity index (χ4v) is 3.47. The van der Waals surface area contributed by atoms with Gasteiger partial charge in [0.1, 0.15) is 5.69 Å². The van der Waals surface area contributed by atoms with Crippen LogP contribution in [-0.2, 0) is 0 Å². The minimum Gasteiger partial charge on any atom is -0.461 e. The van der Waals surface area contributed by atoms with E-state index in [2.05, 4.69) is 0 Å². The largest absolute Gasteiger partial charge is 0.461 e. The van der Waals surface area contributed by atoms with Crippen LogP contribution in [-0.4, -0.2) is 21.8 Å². The number of aromatic nitrogens is 1. The van der Waals surface area contributed by atoms with Gasteiger partial charge in [-0.2, -0.15) is 0 Å². The normalized spacial score (nSPS) is 11.1. The third kappa shape index (κ3) is 2.64. The number of pyridine rings is 1. The minimum absolute atomic E-state index is 0.00731. The molecule has 0 aliphatic rings. The lowest BCUT2D eigenvalue weighted by atomic mass is 9.97. The third-order valence-corrected chi connectivity index (χ3v) is 4.75. The smallest absolute Gasteiger partial charge is 0.245 e. The molecule has 5 aromatic heterocycles. The molecular formula is C23H13NO6. The summed E-state index contributed by atoms with van der Waals surface area (Å²) in [6.45, 7) is 0. The SMILES string of the molecule is O=C(c1ccco1)c1c(C(=O)c2ccco2)c2ccccn2c1C(=O)c1ccco1. The second kappa shape index (κ2) is 6.89. The van der Waals surface area contributed by atoms with E-state index >= 15 is 0 Å².